The van der Waals surface area contributed by atoms with Gasteiger partial charge in [0.15, 0.2) is 0 Å². The fourth-order valence-corrected chi connectivity index (χ4v) is 2.39. The van der Waals surface area contributed by atoms with Crippen LogP contribution in [0.4, 0.5) is 0 Å². The topological polar surface area (TPSA) is 25.8 Å². The van der Waals surface area contributed by atoms with Crippen molar-refractivity contribution in [1.82, 2.24) is 0 Å². The average molecular weight is 321 g/mol. The molecule has 0 atom stereocenters. The Kier molecular flexibility index (Phi) is 5.43. The van der Waals surface area contributed by atoms with Gasteiger partial charge in [0.05, 0.1) is 0 Å². The zero-order valence-electron chi connectivity index (χ0n) is 11.1. The highest BCUT2D eigenvalue weighted by Crippen LogP contribution is 2.21. The van der Waals surface area contributed by atoms with E-state index in [4.69, 9.17) is 4.74 Å². The summed E-state index contributed by atoms with van der Waals surface area (Å²) in [6.07, 6.45) is 0. The summed E-state index contributed by atoms with van der Waals surface area (Å²) in [6.45, 7) is 4.76. The van der Waals surface area contributed by atoms with Gasteiger partial charge < -0.3 is 10.1 Å². The number of ether oxygens (including phenoxy) is 1. The van der Waals surface area contributed by atoms with Crippen LogP contribution < -0.4 is 10.1 Å². The molecule has 0 saturated carbocycles. The molecule has 0 heterocycles. The second kappa shape index (κ2) is 7.31. The van der Waals surface area contributed by atoms with Crippen molar-refractivity contribution in [2.45, 2.75) is 13.5 Å². The summed E-state index contributed by atoms with van der Waals surface area (Å²) >= 11 is 3.45. The second-order valence-corrected chi connectivity index (χ2v) is 5.44. The quantitative estimate of drug-likeness (QED) is 0.814. The van der Waals surface area contributed by atoms with Gasteiger partial charge in [-0.15, -0.1) is 0 Å². The summed E-state index contributed by atoms with van der Waals surface area (Å²) in [5.74, 6) is 0.969. The first kappa shape index (κ1) is 14.1. The molecule has 19 heavy (non-hydrogen) atoms. The van der Waals surface area contributed by atoms with Gasteiger partial charge in [-0.1, -0.05) is 46.3 Å². The molecule has 3 heteroatoms. The minimum absolute atomic E-state index is 0.731. The van der Waals surface area contributed by atoms with Crippen LogP contribution in [0.5, 0.6) is 5.75 Å². The molecular weight excluding hydrogens is 302 g/mol. The maximum Gasteiger partial charge on any atom is 0.137 e. The Morgan fingerprint density at radius 1 is 1.11 bits per heavy atom. The largest absolute Gasteiger partial charge is 0.487 e. The molecule has 0 amide bonds. The minimum Gasteiger partial charge on any atom is -0.487 e. The molecule has 0 bridgehead atoms. The van der Waals surface area contributed by atoms with Crippen LogP contribution >= 0.6 is 15.9 Å². The number of quaternary nitrogens is 1. The monoisotopic (exact) mass is 320 g/mol. The van der Waals surface area contributed by atoms with Gasteiger partial charge in [-0.3, -0.25) is 0 Å². The molecule has 0 fully saturated rings. The molecule has 0 spiro atoms. The van der Waals surface area contributed by atoms with Crippen LogP contribution in [0.2, 0.25) is 0 Å². The third kappa shape index (κ3) is 4.69. The maximum atomic E-state index is 5.78. The van der Waals surface area contributed by atoms with Crippen molar-refractivity contribution in [3.8, 4) is 5.75 Å². The standard InChI is InChI=1S/C16H18BrNO/c1-13-11-15(17)7-8-16(13)19-10-9-18-12-14-5-3-2-4-6-14/h2-8,11,18H,9-10,12H2,1H3/p+1. The van der Waals surface area contributed by atoms with Gasteiger partial charge in [-0.2, -0.15) is 0 Å². The highest BCUT2D eigenvalue weighted by atomic mass is 79.9. The second-order valence-electron chi connectivity index (χ2n) is 4.53. The Balaban J connectivity index is 1.69. The molecule has 0 aromatic heterocycles. The number of rotatable bonds is 6. The fourth-order valence-electron chi connectivity index (χ4n) is 1.91. The lowest BCUT2D eigenvalue weighted by molar-refractivity contribution is -0.671. The van der Waals surface area contributed by atoms with Crippen molar-refractivity contribution in [2.75, 3.05) is 13.2 Å². The van der Waals surface area contributed by atoms with E-state index < -0.39 is 0 Å². The summed E-state index contributed by atoms with van der Waals surface area (Å²) < 4.78 is 6.87. The molecule has 2 aromatic rings. The predicted molar refractivity (Wildman–Crippen MR) is 81.3 cm³/mol. The van der Waals surface area contributed by atoms with Crippen LogP contribution in [0.3, 0.4) is 0 Å². The van der Waals surface area contributed by atoms with Crippen molar-refractivity contribution in [2.24, 2.45) is 0 Å². The van der Waals surface area contributed by atoms with Crippen LogP contribution in [0.1, 0.15) is 11.1 Å². The molecule has 2 nitrogen and oxygen atoms in total. The normalized spacial score (nSPS) is 10.4. The van der Waals surface area contributed by atoms with E-state index >= 15 is 0 Å². The van der Waals surface area contributed by atoms with Crippen LogP contribution in [-0.2, 0) is 6.54 Å². The first-order valence-electron chi connectivity index (χ1n) is 6.50. The molecule has 2 N–H and O–H groups in total. The Hall–Kier alpha value is -1.32. The summed E-state index contributed by atoms with van der Waals surface area (Å²) in [5, 5.41) is 2.27. The third-order valence-corrected chi connectivity index (χ3v) is 3.43. The van der Waals surface area contributed by atoms with Crippen molar-refractivity contribution >= 4 is 15.9 Å². The maximum absolute atomic E-state index is 5.78. The molecule has 0 radical (unpaired) electrons. The molecule has 0 aliphatic carbocycles. The number of hydrogen-bond acceptors (Lipinski definition) is 1. The zero-order chi connectivity index (χ0) is 13.5. The van der Waals surface area contributed by atoms with E-state index in [-0.39, 0.29) is 0 Å². The lowest BCUT2D eigenvalue weighted by Crippen LogP contribution is -2.83. The Morgan fingerprint density at radius 3 is 2.63 bits per heavy atom. The highest BCUT2D eigenvalue weighted by molar-refractivity contribution is 9.10. The van der Waals surface area contributed by atoms with E-state index in [1.165, 1.54) is 5.56 Å². The zero-order valence-corrected chi connectivity index (χ0v) is 12.7. The van der Waals surface area contributed by atoms with Crippen LogP contribution in [0, 0.1) is 6.92 Å². The van der Waals surface area contributed by atoms with Crippen molar-refractivity contribution < 1.29 is 10.1 Å². The SMILES string of the molecule is Cc1cc(Br)ccc1OCC[NH2+]Cc1ccccc1. The van der Waals surface area contributed by atoms with Gasteiger partial charge in [-0.05, 0) is 30.7 Å². The fraction of sp³-hybridized carbons (Fsp3) is 0.250. The van der Waals surface area contributed by atoms with Crippen molar-refractivity contribution in [3.05, 3.63) is 64.1 Å². The molecule has 0 aliphatic rings. The van der Waals surface area contributed by atoms with Crippen LogP contribution in [0.25, 0.3) is 0 Å². The molecule has 0 aliphatic heterocycles. The Bertz CT molecular complexity index is 513. The number of nitrogens with two attached hydrogens (primary N) is 1. The lowest BCUT2D eigenvalue weighted by atomic mass is 10.2. The summed E-state index contributed by atoms with van der Waals surface area (Å²) in [5.41, 5.74) is 2.51. The van der Waals surface area contributed by atoms with Gasteiger partial charge in [0.1, 0.15) is 25.4 Å². The average Bonchev–Trinajstić information content (AvgIpc) is 2.42. The first-order chi connectivity index (χ1) is 9.25. The Morgan fingerprint density at radius 2 is 1.89 bits per heavy atom. The summed E-state index contributed by atoms with van der Waals surface area (Å²) in [7, 11) is 0. The smallest absolute Gasteiger partial charge is 0.137 e. The number of hydrogen-bond donors (Lipinski definition) is 1. The molecule has 0 unspecified atom stereocenters. The van der Waals surface area contributed by atoms with Gasteiger partial charge in [-0.25, -0.2) is 0 Å². The highest BCUT2D eigenvalue weighted by Gasteiger charge is 2.00. The summed E-state index contributed by atoms with van der Waals surface area (Å²) in [6, 6.07) is 16.6. The number of halogens is 1. The van der Waals surface area contributed by atoms with E-state index in [1.807, 2.05) is 18.2 Å². The number of benzene rings is 2. The predicted octanol–water partition coefficient (Wildman–Crippen LogP) is 2.90. The van der Waals surface area contributed by atoms with Crippen LogP contribution in [0.15, 0.2) is 53.0 Å². The lowest BCUT2D eigenvalue weighted by Gasteiger charge is -2.08. The number of aryl methyl sites for hydroxylation is 1. The van der Waals surface area contributed by atoms with E-state index in [9.17, 15) is 0 Å². The van der Waals surface area contributed by atoms with Crippen molar-refractivity contribution in [3.63, 3.8) is 0 Å². The molecule has 100 valence electrons. The first-order valence-corrected chi connectivity index (χ1v) is 7.29. The molecule has 2 aromatic carbocycles. The van der Waals surface area contributed by atoms with Crippen LogP contribution in [-0.4, -0.2) is 13.2 Å². The summed E-state index contributed by atoms with van der Waals surface area (Å²) in [4.78, 5) is 0. The van der Waals surface area contributed by atoms with Gasteiger partial charge >= 0.3 is 0 Å². The van der Waals surface area contributed by atoms with E-state index in [2.05, 4.69) is 58.5 Å². The minimum atomic E-state index is 0.731. The van der Waals surface area contributed by atoms with Crippen molar-refractivity contribution in [1.29, 1.82) is 0 Å². The Labute approximate surface area is 122 Å². The molecule has 2 rings (SSSR count). The molecular formula is C16H19BrNO+. The van der Waals surface area contributed by atoms with Gasteiger partial charge in [0.2, 0.25) is 0 Å². The van der Waals surface area contributed by atoms with Gasteiger partial charge in [0, 0.05) is 10.0 Å². The van der Waals surface area contributed by atoms with Gasteiger partial charge in [0.25, 0.3) is 0 Å². The van der Waals surface area contributed by atoms with E-state index in [0.29, 0.717) is 0 Å². The molecule has 0 saturated heterocycles. The van der Waals surface area contributed by atoms with E-state index in [0.717, 1.165) is 35.5 Å². The van der Waals surface area contributed by atoms with E-state index in [1.54, 1.807) is 0 Å². The third-order valence-electron chi connectivity index (χ3n) is 2.94.